The first kappa shape index (κ1) is 25.2. The SMILES string of the molecule is CCN(CC(=O)Nc1cc(S(=O)(=O)N2CCCCC2)ccc1C)C(C)c1cccc(OC)c1. The number of nitrogens with zero attached hydrogens (tertiary/aromatic N) is 2. The van der Waals surface area contributed by atoms with Crippen LogP contribution in [-0.2, 0) is 14.8 Å². The lowest BCUT2D eigenvalue weighted by Crippen LogP contribution is -2.36. The third-order valence-electron chi connectivity index (χ3n) is 6.31. The molecule has 0 radical (unpaired) electrons. The second kappa shape index (κ2) is 11.1. The van der Waals surface area contributed by atoms with E-state index in [-0.39, 0.29) is 23.4 Å². The Kier molecular flexibility index (Phi) is 8.51. The number of hydrogen-bond donors (Lipinski definition) is 1. The van der Waals surface area contributed by atoms with Crippen LogP contribution in [0.4, 0.5) is 5.69 Å². The second-order valence-electron chi connectivity index (χ2n) is 8.51. The molecule has 0 aliphatic carbocycles. The van der Waals surface area contributed by atoms with Gasteiger partial charge in [0.25, 0.3) is 0 Å². The highest BCUT2D eigenvalue weighted by Gasteiger charge is 2.26. The molecule has 0 bridgehead atoms. The fraction of sp³-hybridized carbons (Fsp3) is 0.480. The maximum Gasteiger partial charge on any atom is 0.243 e. The van der Waals surface area contributed by atoms with E-state index >= 15 is 0 Å². The molecule has 2 aromatic carbocycles. The third kappa shape index (κ3) is 6.13. The summed E-state index contributed by atoms with van der Waals surface area (Å²) >= 11 is 0. The van der Waals surface area contributed by atoms with Crippen molar-refractivity contribution >= 4 is 21.6 Å². The monoisotopic (exact) mass is 473 g/mol. The van der Waals surface area contributed by atoms with E-state index in [4.69, 9.17) is 4.74 Å². The van der Waals surface area contributed by atoms with Crippen molar-refractivity contribution < 1.29 is 17.9 Å². The van der Waals surface area contributed by atoms with Crippen LogP contribution in [0.1, 0.15) is 50.3 Å². The Morgan fingerprint density at radius 1 is 1.15 bits per heavy atom. The fourth-order valence-electron chi connectivity index (χ4n) is 4.16. The molecular weight excluding hydrogens is 438 g/mol. The van der Waals surface area contributed by atoms with Crippen molar-refractivity contribution in [2.75, 3.05) is 38.6 Å². The molecule has 0 aromatic heterocycles. The molecular formula is C25H35N3O4S. The van der Waals surface area contributed by atoms with E-state index in [1.54, 1.807) is 29.6 Å². The minimum Gasteiger partial charge on any atom is -0.497 e. The minimum absolute atomic E-state index is 0.0164. The van der Waals surface area contributed by atoms with Gasteiger partial charge in [-0.1, -0.05) is 31.5 Å². The Morgan fingerprint density at radius 2 is 1.88 bits per heavy atom. The number of piperidine rings is 1. The summed E-state index contributed by atoms with van der Waals surface area (Å²) in [6.07, 6.45) is 2.82. The molecule has 1 amide bonds. The van der Waals surface area contributed by atoms with Gasteiger partial charge >= 0.3 is 0 Å². The largest absolute Gasteiger partial charge is 0.497 e. The zero-order valence-electron chi connectivity index (χ0n) is 20.0. The zero-order valence-corrected chi connectivity index (χ0v) is 20.8. The van der Waals surface area contributed by atoms with Crippen LogP contribution in [0.3, 0.4) is 0 Å². The molecule has 0 spiro atoms. The number of hydrogen-bond acceptors (Lipinski definition) is 5. The molecule has 1 aliphatic rings. The van der Waals surface area contributed by atoms with Crippen molar-refractivity contribution in [1.82, 2.24) is 9.21 Å². The predicted octanol–water partition coefficient (Wildman–Crippen LogP) is 4.20. The number of carbonyl (C=O) groups excluding carboxylic acids is 1. The van der Waals surface area contributed by atoms with Crippen LogP contribution in [0, 0.1) is 6.92 Å². The molecule has 1 saturated heterocycles. The Hall–Kier alpha value is -2.42. The van der Waals surface area contributed by atoms with Crippen LogP contribution in [-0.4, -0.2) is 56.8 Å². The summed E-state index contributed by atoms with van der Waals surface area (Å²) in [5, 5.41) is 2.93. The molecule has 33 heavy (non-hydrogen) atoms. The van der Waals surface area contributed by atoms with Gasteiger partial charge in [-0.3, -0.25) is 9.69 Å². The van der Waals surface area contributed by atoms with E-state index in [0.717, 1.165) is 36.1 Å². The van der Waals surface area contributed by atoms with Gasteiger partial charge in [-0.2, -0.15) is 4.31 Å². The van der Waals surface area contributed by atoms with E-state index in [9.17, 15) is 13.2 Å². The van der Waals surface area contributed by atoms with E-state index in [1.165, 1.54) is 0 Å². The smallest absolute Gasteiger partial charge is 0.243 e. The van der Waals surface area contributed by atoms with Crippen molar-refractivity contribution in [2.24, 2.45) is 0 Å². The number of nitrogens with one attached hydrogen (secondary N) is 1. The minimum atomic E-state index is -3.56. The number of ether oxygens (including phenoxy) is 1. The summed E-state index contributed by atoms with van der Waals surface area (Å²) in [5.74, 6) is 0.601. The van der Waals surface area contributed by atoms with Crippen molar-refractivity contribution in [3.63, 3.8) is 0 Å². The van der Waals surface area contributed by atoms with Gasteiger partial charge in [0, 0.05) is 24.8 Å². The van der Waals surface area contributed by atoms with Crippen LogP contribution in [0.5, 0.6) is 5.75 Å². The van der Waals surface area contributed by atoms with E-state index in [2.05, 4.69) is 17.1 Å². The summed E-state index contributed by atoms with van der Waals surface area (Å²) in [4.78, 5) is 15.2. The average Bonchev–Trinajstić information content (AvgIpc) is 2.84. The normalized spacial score (nSPS) is 15.9. The molecule has 1 aliphatic heterocycles. The lowest BCUT2D eigenvalue weighted by atomic mass is 10.1. The maximum atomic E-state index is 13.1. The molecule has 180 valence electrons. The van der Waals surface area contributed by atoms with E-state index in [0.29, 0.717) is 25.3 Å². The number of rotatable bonds is 9. The van der Waals surface area contributed by atoms with Gasteiger partial charge < -0.3 is 10.1 Å². The average molecular weight is 474 g/mol. The molecule has 8 heteroatoms. The highest BCUT2D eigenvalue weighted by atomic mass is 32.2. The summed E-state index contributed by atoms with van der Waals surface area (Å²) in [6, 6.07) is 12.8. The topological polar surface area (TPSA) is 79.0 Å². The van der Waals surface area contributed by atoms with Crippen LogP contribution in [0.15, 0.2) is 47.4 Å². The zero-order chi connectivity index (χ0) is 24.0. The Bertz CT molecular complexity index is 1070. The maximum absolute atomic E-state index is 13.1. The number of methoxy groups -OCH3 is 1. The van der Waals surface area contributed by atoms with Crippen LogP contribution in [0.2, 0.25) is 0 Å². The predicted molar refractivity (Wildman–Crippen MR) is 131 cm³/mol. The van der Waals surface area contributed by atoms with Gasteiger partial charge in [-0.25, -0.2) is 8.42 Å². The van der Waals surface area contributed by atoms with Gasteiger partial charge in [0.1, 0.15) is 5.75 Å². The standard InChI is InChI=1S/C25H35N3O4S/c1-5-27(20(3)21-10-9-11-22(16-21)32-4)18-25(29)26-24-17-23(13-12-19(24)2)33(30,31)28-14-7-6-8-15-28/h9-13,16-17,20H,5-8,14-15,18H2,1-4H3,(H,26,29). The quantitative estimate of drug-likeness (QED) is 0.591. The van der Waals surface area contributed by atoms with Gasteiger partial charge in [-0.15, -0.1) is 0 Å². The molecule has 1 heterocycles. The van der Waals surface area contributed by atoms with Gasteiger partial charge in [0.05, 0.1) is 18.6 Å². The molecule has 0 saturated carbocycles. The lowest BCUT2D eigenvalue weighted by molar-refractivity contribution is -0.117. The van der Waals surface area contributed by atoms with Crippen molar-refractivity contribution in [3.05, 3.63) is 53.6 Å². The van der Waals surface area contributed by atoms with Crippen molar-refractivity contribution in [3.8, 4) is 5.75 Å². The van der Waals surface area contributed by atoms with Gasteiger partial charge in [-0.05, 0) is 68.6 Å². The number of carbonyl (C=O) groups is 1. The highest BCUT2D eigenvalue weighted by molar-refractivity contribution is 7.89. The molecule has 1 atom stereocenters. The second-order valence-corrected chi connectivity index (χ2v) is 10.4. The first-order valence-electron chi connectivity index (χ1n) is 11.5. The number of likely N-dealkylation sites (N-methyl/N-ethyl adjacent to an activating group) is 1. The summed E-state index contributed by atoms with van der Waals surface area (Å²) in [6.45, 7) is 7.91. The highest BCUT2D eigenvalue weighted by Crippen LogP contribution is 2.26. The van der Waals surface area contributed by atoms with Gasteiger partial charge in [0.2, 0.25) is 15.9 Å². The summed E-state index contributed by atoms with van der Waals surface area (Å²) in [7, 11) is -1.93. The van der Waals surface area contributed by atoms with E-state index in [1.807, 2.05) is 38.1 Å². The van der Waals surface area contributed by atoms with E-state index < -0.39 is 10.0 Å². The first-order chi connectivity index (χ1) is 15.8. The molecule has 3 rings (SSSR count). The first-order valence-corrected chi connectivity index (χ1v) is 13.0. The number of benzene rings is 2. The molecule has 2 aromatic rings. The Morgan fingerprint density at radius 3 is 2.55 bits per heavy atom. The number of aryl methyl sites for hydroxylation is 1. The number of amides is 1. The number of anilines is 1. The lowest BCUT2D eigenvalue weighted by Gasteiger charge is -2.28. The summed E-state index contributed by atoms with van der Waals surface area (Å²) < 4.78 is 33.0. The number of sulfonamides is 1. The summed E-state index contributed by atoms with van der Waals surface area (Å²) in [5.41, 5.74) is 2.42. The van der Waals surface area contributed by atoms with Crippen LogP contribution < -0.4 is 10.1 Å². The van der Waals surface area contributed by atoms with Crippen LogP contribution in [0.25, 0.3) is 0 Å². The van der Waals surface area contributed by atoms with Crippen molar-refractivity contribution in [1.29, 1.82) is 0 Å². The molecule has 1 N–H and O–H groups in total. The third-order valence-corrected chi connectivity index (χ3v) is 8.21. The molecule has 1 fully saturated rings. The van der Waals surface area contributed by atoms with Gasteiger partial charge in [0.15, 0.2) is 0 Å². The Labute approximate surface area is 197 Å². The molecule has 1 unspecified atom stereocenters. The Balaban J connectivity index is 1.73. The van der Waals surface area contributed by atoms with Crippen molar-refractivity contribution in [2.45, 2.75) is 51.0 Å². The fourth-order valence-corrected chi connectivity index (χ4v) is 5.70. The molecule has 7 nitrogen and oxygen atoms in total. The van der Waals surface area contributed by atoms with Crippen LogP contribution >= 0.6 is 0 Å².